The van der Waals surface area contributed by atoms with Crippen molar-refractivity contribution in [2.75, 3.05) is 6.54 Å². The van der Waals surface area contributed by atoms with Gasteiger partial charge in [0.25, 0.3) is 0 Å². The molecule has 0 aromatic heterocycles. The Labute approximate surface area is 110 Å². The summed E-state index contributed by atoms with van der Waals surface area (Å²) in [5, 5.41) is 4.47. The molecule has 2 rings (SSSR count). The van der Waals surface area contributed by atoms with Crippen LogP contribution in [0.15, 0.2) is 24.3 Å². The molecule has 0 bridgehead atoms. The summed E-state index contributed by atoms with van der Waals surface area (Å²) in [6.45, 7) is 3.29. The molecule has 1 fully saturated rings. The summed E-state index contributed by atoms with van der Waals surface area (Å²) in [5.74, 6) is 0.796. The van der Waals surface area contributed by atoms with Crippen molar-refractivity contribution in [1.29, 1.82) is 0 Å². The predicted molar refractivity (Wildman–Crippen MR) is 74.6 cm³/mol. The van der Waals surface area contributed by atoms with Gasteiger partial charge in [0.2, 0.25) is 0 Å². The molecular formula is C15H22ClN. The van der Waals surface area contributed by atoms with Crippen molar-refractivity contribution in [2.24, 2.45) is 5.92 Å². The Balaban J connectivity index is 1.97. The molecule has 17 heavy (non-hydrogen) atoms. The zero-order chi connectivity index (χ0) is 12.1. The smallest absolute Gasteiger partial charge is 0.0406 e. The largest absolute Gasteiger partial charge is 0.314 e. The average Bonchev–Trinajstić information content (AvgIpc) is 2.35. The topological polar surface area (TPSA) is 12.0 Å². The number of hydrogen-bond acceptors (Lipinski definition) is 1. The van der Waals surface area contributed by atoms with Gasteiger partial charge in [0.1, 0.15) is 0 Å². The molecule has 1 nitrogen and oxygen atoms in total. The van der Waals surface area contributed by atoms with Gasteiger partial charge in [-0.25, -0.2) is 0 Å². The SMILES string of the molecule is CCNC1CCCCC1Cc1ccc(Cl)cc1. The summed E-state index contributed by atoms with van der Waals surface area (Å²) < 4.78 is 0. The fourth-order valence-electron chi connectivity index (χ4n) is 2.91. The van der Waals surface area contributed by atoms with Crippen LogP contribution >= 0.6 is 11.6 Å². The van der Waals surface area contributed by atoms with Crippen LogP contribution in [0.2, 0.25) is 5.02 Å². The van der Waals surface area contributed by atoms with Gasteiger partial charge in [0, 0.05) is 11.1 Å². The van der Waals surface area contributed by atoms with E-state index < -0.39 is 0 Å². The highest BCUT2D eigenvalue weighted by Crippen LogP contribution is 2.27. The zero-order valence-electron chi connectivity index (χ0n) is 10.6. The van der Waals surface area contributed by atoms with Gasteiger partial charge in [-0.2, -0.15) is 0 Å². The lowest BCUT2D eigenvalue weighted by molar-refractivity contribution is 0.264. The van der Waals surface area contributed by atoms with E-state index in [-0.39, 0.29) is 0 Å². The third kappa shape index (κ3) is 3.72. The second-order valence-corrected chi connectivity index (χ2v) is 5.48. The van der Waals surface area contributed by atoms with Crippen LogP contribution in [0.3, 0.4) is 0 Å². The number of halogens is 1. The average molecular weight is 252 g/mol. The lowest BCUT2D eigenvalue weighted by atomic mass is 9.80. The quantitative estimate of drug-likeness (QED) is 0.851. The van der Waals surface area contributed by atoms with Gasteiger partial charge in [-0.05, 0) is 49.4 Å². The molecule has 0 aliphatic heterocycles. The molecule has 0 heterocycles. The van der Waals surface area contributed by atoms with E-state index in [4.69, 9.17) is 11.6 Å². The lowest BCUT2D eigenvalue weighted by Crippen LogP contribution is -2.39. The summed E-state index contributed by atoms with van der Waals surface area (Å²) >= 11 is 5.92. The molecule has 2 heteroatoms. The van der Waals surface area contributed by atoms with E-state index in [9.17, 15) is 0 Å². The highest BCUT2D eigenvalue weighted by atomic mass is 35.5. The number of hydrogen-bond donors (Lipinski definition) is 1. The van der Waals surface area contributed by atoms with E-state index in [1.807, 2.05) is 12.1 Å². The van der Waals surface area contributed by atoms with E-state index in [1.54, 1.807) is 0 Å². The Kier molecular flexibility index (Phi) is 4.87. The van der Waals surface area contributed by atoms with Crippen molar-refractivity contribution in [1.82, 2.24) is 5.32 Å². The van der Waals surface area contributed by atoms with Crippen LogP contribution in [-0.2, 0) is 6.42 Å². The molecule has 2 unspecified atom stereocenters. The minimum Gasteiger partial charge on any atom is -0.314 e. The summed E-state index contributed by atoms with van der Waals surface area (Å²) in [5.41, 5.74) is 1.42. The first kappa shape index (κ1) is 12.9. The molecule has 1 aliphatic rings. The van der Waals surface area contributed by atoms with Gasteiger partial charge < -0.3 is 5.32 Å². The van der Waals surface area contributed by atoms with Crippen molar-refractivity contribution in [3.63, 3.8) is 0 Å². The Morgan fingerprint density at radius 3 is 2.59 bits per heavy atom. The molecule has 1 aliphatic carbocycles. The molecule has 1 N–H and O–H groups in total. The normalized spacial score (nSPS) is 24.8. The molecule has 1 saturated carbocycles. The zero-order valence-corrected chi connectivity index (χ0v) is 11.3. The first-order chi connectivity index (χ1) is 8.29. The van der Waals surface area contributed by atoms with Crippen molar-refractivity contribution in [2.45, 2.75) is 45.1 Å². The Hall–Kier alpha value is -0.530. The number of nitrogens with one attached hydrogen (secondary N) is 1. The maximum absolute atomic E-state index is 5.92. The van der Waals surface area contributed by atoms with Gasteiger partial charge in [-0.3, -0.25) is 0 Å². The summed E-state index contributed by atoms with van der Waals surface area (Å²) in [6.07, 6.45) is 6.66. The fourth-order valence-corrected chi connectivity index (χ4v) is 3.03. The molecule has 0 radical (unpaired) electrons. The van der Waals surface area contributed by atoms with Gasteiger partial charge >= 0.3 is 0 Å². The van der Waals surface area contributed by atoms with E-state index in [0.29, 0.717) is 6.04 Å². The summed E-state index contributed by atoms with van der Waals surface area (Å²) in [7, 11) is 0. The second kappa shape index (κ2) is 6.42. The van der Waals surface area contributed by atoms with Gasteiger partial charge in [0.15, 0.2) is 0 Å². The maximum atomic E-state index is 5.92. The number of benzene rings is 1. The standard InChI is InChI=1S/C15H22ClN/c1-2-17-15-6-4-3-5-13(15)11-12-7-9-14(16)10-8-12/h7-10,13,15,17H,2-6,11H2,1H3. The Bertz CT molecular complexity index is 331. The molecule has 94 valence electrons. The molecular weight excluding hydrogens is 230 g/mol. The van der Waals surface area contributed by atoms with E-state index >= 15 is 0 Å². The highest BCUT2D eigenvalue weighted by Gasteiger charge is 2.24. The maximum Gasteiger partial charge on any atom is 0.0406 e. The van der Waals surface area contributed by atoms with Crippen LogP contribution in [0.5, 0.6) is 0 Å². The molecule has 2 atom stereocenters. The van der Waals surface area contributed by atoms with E-state index in [1.165, 1.54) is 37.7 Å². The van der Waals surface area contributed by atoms with E-state index in [2.05, 4.69) is 24.4 Å². The summed E-state index contributed by atoms with van der Waals surface area (Å²) in [6, 6.07) is 9.05. The van der Waals surface area contributed by atoms with Gasteiger partial charge in [0.05, 0.1) is 0 Å². The second-order valence-electron chi connectivity index (χ2n) is 5.04. The van der Waals surface area contributed by atoms with Crippen LogP contribution in [0.25, 0.3) is 0 Å². The predicted octanol–water partition coefficient (Wildman–Crippen LogP) is 4.05. The highest BCUT2D eigenvalue weighted by molar-refractivity contribution is 6.30. The molecule has 1 aromatic rings. The van der Waals surface area contributed by atoms with Crippen molar-refractivity contribution in [3.8, 4) is 0 Å². The van der Waals surface area contributed by atoms with Crippen LogP contribution in [0.4, 0.5) is 0 Å². The van der Waals surface area contributed by atoms with Crippen molar-refractivity contribution < 1.29 is 0 Å². The van der Waals surface area contributed by atoms with Gasteiger partial charge in [-0.1, -0.05) is 43.5 Å². The minimum atomic E-state index is 0.712. The van der Waals surface area contributed by atoms with Crippen LogP contribution in [0, 0.1) is 5.92 Å². The Morgan fingerprint density at radius 1 is 1.18 bits per heavy atom. The van der Waals surface area contributed by atoms with Crippen LogP contribution < -0.4 is 5.32 Å². The third-order valence-electron chi connectivity index (χ3n) is 3.79. The first-order valence-electron chi connectivity index (χ1n) is 6.77. The molecule has 1 aromatic carbocycles. The third-order valence-corrected chi connectivity index (χ3v) is 4.04. The van der Waals surface area contributed by atoms with Crippen molar-refractivity contribution >= 4 is 11.6 Å². The minimum absolute atomic E-state index is 0.712. The van der Waals surface area contributed by atoms with Gasteiger partial charge in [-0.15, -0.1) is 0 Å². The monoisotopic (exact) mass is 251 g/mol. The fraction of sp³-hybridized carbons (Fsp3) is 0.600. The molecule has 0 saturated heterocycles. The van der Waals surface area contributed by atoms with Crippen molar-refractivity contribution in [3.05, 3.63) is 34.9 Å². The Morgan fingerprint density at radius 2 is 1.88 bits per heavy atom. The van der Waals surface area contributed by atoms with Crippen LogP contribution in [-0.4, -0.2) is 12.6 Å². The lowest BCUT2D eigenvalue weighted by Gasteiger charge is -2.32. The van der Waals surface area contributed by atoms with E-state index in [0.717, 1.165) is 17.5 Å². The first-order valence-corrected chi connectivity index (χ1v) is 7.15. The summed E-state index contributed by atoms with van der Waals surface area (Å²) in [4.78, 5) is 0. The van der Waals surface area contributed by atoms with Crippen LogP contribution in [0.1, 0.15) is 38.2 Å². The number of rotatable bonds is 4. The molecule has 0 amide bonds. The molecule has 0 spiro atoms.